The quantitative estimate of drug-likeness (QED) is 0.870. The molecule has 0 radical (unpaired) electrons. The van der Waals surface area contributed by atoms with Gasteiger partial charge in [-0.25, -0.2) is 4.98 Å². The number of nitrogens with zero attached hydrogens (tertiary/aromatic N) is 1. The van der Waals surface area contributed by atoms with Crippen molar-refractivity contribution in [2.24, 2.45) is 11.7 Å². The molecule has 1 aliphatic carbocycles. The Morgan fingerprint density at radius 1 is 1.53 bits per heavy atom. The molecule has 1 aliphatic rings. The molecular formula is C14H21N3O2. The van der Waals surface area contributed by atoms with Crippen LogP contribution < -0.4 is 16.2 Å². The third kappa shape index (κ3) is 3.36. The smallest absolute Gasteiger partial charge is 0.254 e. The summed E-state index contributed by atoms with van der Waals surface area (Å²) in [4.78, 5) is 15.5. The summed E-state index contributed by atoms with van der Waals surface area (Å²) in [6, 6.07) is 1.52. The Kier molecular flexibility index (Phi) is 4.24. The number of hydrogen-bond acceptors (Lipinski definition) is 4. The first-order valence-corrected chi connectivity index (χ1v) is 6.82. The van der Waals surface area contributed by atoms with Crippen molar-refractivity contribution in [1.29, 1.82) is 0 Å². The second kappa shape index (κ2) is 5.91. The Morgan fingerprint density at radius 2 is 2.32 bits per heavy atom. The molecule has 2 atom stereocenters. The molecule has 1 heterocycles. The van der Waals surface area contributed by atoms with Gasteiger partial charge in [0, 0.05) is 0 Å². The highest BCUT2D eigenvalue weighted by Gasteiger charge is 2.24. The van der Waals surface area contributed by atoms with E-state index in [1.54, 1.807) is 0 Å². The Balaban J connectivity index is 2.12. The minimum Gasteiger partial charge on any atom is -0.474 e. The van der Waals surface area contributed by atoms with Crippen molar-refractivity contribution in [3.8, 4) is 5.88 Å². The number of carbonyl (C=O) groups is 1. The lowest BCUT2D eigenvalue weighted by atomic mass is 9.85. The summed E-state index contributed by atoms with van der Waals surface area (Å²) in [5.74, 6) is 0.450. The maximum absolute atomic E-state index is 11.4. The predicted octanol–water partition coefficient (Wildman–Crippen LogP) is 2.11. The van der Waals surface area contributed by atoms with Gasteiger partial charge in [-0.05, 0) is 31.2 Å². The van der Waals surface area contributed by atoms with Gasteiger partial charge in [0.15, 0.2) is 0 Å². The summed E-state index contributed by atoms with van der Waals surface area (Å²) in [5, 5.41) is 0. The van der Waals surface area contributed by atoms with Crippen LogP contribution in [0, 0.1) is 5.92 Å². The molecule has 0 aliphatic heterocycles. The fourth-order valence-electron chi connectivity index (χ4n) is 2.62. The number of hydrogen-bond donors (Lipinski definition) is 2. The Morgan fingerprint density at radius 3 is 3.00 bits per heavy atom. The molecule has 0 bridgehead atoms. The van der Waals surface area contributed by atoms with E-state index in [9.17, 15) is 4.79 Å². The fraction of sp³-hybridized carbons (Fsp3) is 0.571. The van der Waals surface area contributed by atoms with E-state index in [-0.39, 0.29) is 11.7 Å². The van der Waals surface area contributed by atoms with Gasteiger partial charge in [0.2, 0.25) is 5.88 Å². The van der Waals surface area contributed by atoms with E-state index in [4.69, 9.17) is 16.2 Å². The molecule has 1 saturated carbocycles. The molecule has 104 valence electrons. The van der Waals surface area contributed by atoms with Crippen molar-refractivity contribution < 1.29 is 9.53 Å². The van der Waals surface area contributed by atoms with E-state index in [0.29, 0.717) is 17.5 Å². The second-order valence-electron chi connectivity index (χ2n) is 5.17. The number of carbonyl (C=O) groups excluding carboxylic acids is 1. The first-order chi connectivity index (χ1) is 9.10. The van der Waals surface area contributed by atoms with E-state index in [0.717, 1.165) is 25.7 Å². The molecule has 1 fully saturated rings. The molecule has 4 N–H and O–H groups in total. The molecule has 1 aromatic heterocycles. The third-order valence-electron chi connectivity index (χ3n) is 3.73. The monoisotopic (exact) mass is 263 g/mol. The van der Waals surface area contributed by atoms with Gasteiger partial charge in [0.25, 0.3) is 5.91 Å². The van der Waals surface area contributed by atoms with Gasteiger partial charge in [0.05, 0.1) is 11.9 Å². The van der Waals surface area contributed by atoms with Gasteiger partial charge in [-0.1, -0.05) is 19.8 Å². The highest BCUT2D eigenvalue weighted by atomic mass is 16.5. The Labute approximate surface area is 113 Å². The number of primary amides is 1. The number of nitrogen functional groups attached to an aromatic ring is 1. The summed E-state index contributed by atoms with van der Waals surface area (Å²) in [6.45, 7) is 2.20. The van der Waals surface area contributed by atoms with Crippen LogP contribution in [0.25, 0.3) is 0 Å². The maximum atomic E-state index is 11.4. The van der Waals surface area contributed by atoms with E-state index in [1.165, 1.54) is 18.7 Å². The van der Waals surface area contributed by atoms with Crippen molar-refractivity contribution in [2.45, 2.75) is 45.1 Å². The number of rotatable bonds is 4. The molecule has 5 nitrogen and oxygen atoms in total. The first-order valence-electron chi connectivity index (χ1n) is 6.82. The van der Waals surface area contributed by atoms with Crippen LogP contribution in [-0.2, 0) is 0 Å². The van der Waals surface area contributed by atoms with Crippen LogP contribution in [0.3, 0.4) is 0 Å². The van der Waals surface area contributed by atoms with Crippen LogP contribution in [0.4, 0.5) is 5.69 Å². The zero-order chi connectivity index (χ0) is 13.8. The van der Waals surface area contributed by atoms with Gasteiger partial charge in [-0.15, -0.1) is 0 Å². The van der Waals surface area contributed by atoms with Crippen molar-refractivity contribution in [3.05, 3.63) is 17.8 Å². The molecular weight excluding hydrogens is 242 g/mol. The fourth-order valence-corrected chi connectivity index (χ4v) is 2.62. The third-order valence-corrected chi connectivity index (χ3v) is 3.73. The van der Waals surface area contributed by atoms with Crippen molar-refractivity contribution in [2.75, 3.05) is 5.73 Å². The molecule has 0 saturated heterocycles. The van der Waals surface area contributed by atoms with Crippen molar-refractivity contribution in [3.63, 3.8) is 0 Å². The summed E-state index contributed by atoms with van der Waals surface area (Å²) in [7, 11) is 0. The van der Waals surface area contributed by atoms with Crippen LogP contribution in [-0.4, -0.2) is 17.0 Å². The highest BCUT2D eigenvalue weighted by molar-refractivity contribution is 5.95. The summed E-state index contributed by atoms with van der Waals surface area (Å²) >= 11 is 0. The van der Waals surface area contributed by atoms with Gasteiger partial charge in [-0.2, -0.15) is 0 Å². The molecule has 19 heavy (non-hydrogen) atoms. The van der Waals surface area contributed by atoms with Crippen LogP contribution in [0.15, 0.2) is 12.3 Å². The lowest BCUT2D eigenvalue weighted by Crippen LogP contribution is -2.27. The van der Waals surface area contributed by atoms with Crippen molar-refractivity contribution in [1.82, 2.24) is 4.98 Å². The predicted molar refractivity (Wildman–Crippen MR) is 73.8 cm³/mol. The van der Waals surface area contributed by atoms with Gasteiger partial charge < -0.3 is 16.2 Å². The van der Waals surface area contributed by atoms with Crippen LogP contribution in [0.1, 0.15) is 49.4 Å². The number of aromatic nitrogens is 1. The normalized spacial score (nSPS) is 23.0. The standard InChI is InChI=1S/C14H21N3O2/c1-2-9-4-3-5-11(6-9)19-14-12(13(16)18)7-10(15)8-17-14/h7-9,11H,2-6,15H2,1H3,(H2,16,18). The number of nitrogens with two attached hydrogens (primary N) is 2. The molecule has 1 aromatic rings. The number of anilines is 1. The minimum absolute atomic E-state index is 0.118. The average Bonchev–Trinajstić information content (AvgIpc) is 2.41. The van der Waals surface area contributed by atoms with Crippen LogP contribution in [0.5, 0.6) is 5.88 Å². The lowest BCUT2D eigenvalue weighted by Gasteiger charge is -2.28. The maximum Gasteiger partial charge on any atom is 0.254 e. The van der Waals surface area contributed by atoms with Crippen molar-refractivity contribution >= 4 is 11.6 Å². The first kappa shape index (κ1) is 13.6. The van der Waals surface area contributed by atoms with Crippen LogP contribution in [0.2, 0.25) is 0 Å². The van der Waals surface area contributed by atoms with Crippen LogP contribution >= 0.6 is 0 Å². The Hall–Kier alpha value is -1.78. The summed E-state index contributed by atoms with van der Waals surface area (Å²) in [5.41, 5.74) is 11.6. The zero-order valence-electron chi connectivity index (χ0n) is 11.3. The summed E-state index contributed by atoms with van der Waals surface area (Å²) < 4.78 is 5.87. The van der Waals surface area contributed by atoms with E-state index in [1.807, 2.05) is 0 Å². The van der Waals surface area contributed by atoms with E-state index < -0.39 is 5.91 Å². The number of ether oxygens (including phenoxy) is 1. The SMILES string of the molecule is CCC1CCCC(Oc2ncc(N)cc2C(N)=O)C1. The molecule has 5 heteroatoms. The molecule has 0 aromatic carbocycles. The molecule has 1 amide bonds. The number of pyridine rings is 1. The second-order valence-corrected chi connectivity index (χ2v) is 5.17. The molecule has 0 spiro atoms. The zero-order valence-corrected chi connectivity index (χ0v) is 11.3. The van der Waals surface area contributed by atoms with E-state index in [2.05, 4.69) is 11.9 Å². The van der Waals surface area contributed by atoms with Gasteiger partial charge >= 0.3 is 0 Å². The minimum atomic E-state index is -0.558. The van der Waals surface area contributed by atoms with Gasteiger partial charge in [0.1, 0.15) is 11.7 Å². The average molecular weight is 263 g/mol. The summed E-state index contributed by atoms with van der Waals surface area (Å²) in [6.07, 6.45) is 7.20. The lowest BCUT2D eigenvalue weighted by molar-refractivity contribution is 0.0968. The largest absolute Gasteiger partial charge is 0.474 e. The topological polar surface area (TPSA) is 91.2 Å². The van der Waals surface area contributed by atoms with Gasteiger partial charge in [-0.3, -0.25) is 4.79 Å². The Bertz CT molecular complexity index is 462. The van der Waals surface area contributed by atoms with E-state index >= 15 is 0 Å². The molecule has 2 unspecified atom stereocenters. The highest BCUT2D eigenvalue weighted by Crippen LogP contribution is 2.30. The number of amides is 1. The molecule has 2 rings (SSSR count).